The maximum absolute atomic E-state index is 9.58. The zero-order valence-corrected chi connectivity index (χ0v) is 15.2. The molecule has 1 fully saturated rings. The third-order valence-corrected chi connectivity index (χ3v) is 4.94. The van der Waals surface area contributed by atoms with E-state index in [2.05, 4.69) is 37.3 Å². The third kappa shape index (κ3) is 4.16. The molecule has 0 spiro atoms. The second-order valence-electron chi connectivity index (χ2n) is 5.76. The highest BCUT2D eigenvalue weighted by molar-refractivity contribution is 7.96. The number of hydrogen-bond acceptors (Lipinski definition) is 7. The summed E-state index contributed by atoms with van der Waals surface area (Å²) in [6.45, 7) is 5.56. The largest absolute Gasteiger partial charge is 0.508 e. The highest BCUT2D eigenvalue weighted by Gasteiger charge is 2.21. The van der Waals surface area contributed by atoms with Crippen LogP contribution in [-0.4, -0.2) is 51.8 Å². The number of aryl methyl sites for hydroxylation is 1. The molecular weight excluding hydrogens is 334 g/mol. The van der Waals surface area contributed by atoms with E-state index in [9.17, 15) is 5.11 Å². The van der Waals surface area contributed by atoms with E-state index in [-0.39, 0.29) is 11.7 Å². The molecule has 0 unspecified atom stereocenters. The van der Waals surface area contributed by atoms with Gasteiger partial charge in [0.2, 0.25) is 5.95 Å². The second-order valence-corrected chi connectivity index (χ2v) is 6.65. The van der Waals surface area contributed by atoms with Gasteiger partial charge in [0.25, 0.3) is 0 Å². The van der Waals surface area contributed by atoms with Crippen molar-refractivity contribution >= 4 is 23.7 Å². The molecule has 7 heteroatoms. The number of benzene rings is 1. The number of aromatic hydroxyl groups is 1. The summed E-state index contributed by atoms with van der Waals surface area (Å²) in [4.78, 5) is 10.9. The summed E-state index contributed by atoms with van der Waals surface area (Å²) in [7, 11) is 0. The summed E-state index contributed by atoms with van der Waals surface area (Å²) < 4.78 is 2.33. The van der Waals surface area contributed by atoms with Crippen LogP contribution in [0, 0.1) is 18.8 Å². The van der Waals surface area contributed by atoms with Gasteiger partial charge in [0.15, 0.2) is 0 Å². The zero-order chi connectivity index (χ0) is 17.8. The SMILES string of the molecule is CSN1CCN(c2nc(N)nc(C)c2C#Cc2cccc(O)c2)CC1. The molecule has 25 heavy (non-hydrogen) atoms. The van der Waals surface area contributed by atoms with E-state index in [4.69, 9.17) is 5.73 Å². The van der Waals surface area contributed by atoms with Gasteiger partial charge in [-0.2, -0.15) is 4.98 Å². The molecule has 1 aliphatic heterocycles. The van der Waals surface area contributed by atoms with Gasteiger partial charge in [-0.1, -0.05) is 29.9 Å². The lowest BCUT2D eigenvalue weighted by Crippen LogP contribution is -2.44. The number of phenols is 1. The Morgan fingerprint density at radius 1 is 1.16 bits per heavy atom. The molecule has 1 aromatic carbocycles. The number of hydrogen-bond donors (Lipinski definition) is 2. The lowest BCUT2D eigenvalue weighted by molar-refractivity contribution is 0.429. The van der Waals surface area contributed by atoms with Gasteiger partial charge in [0, 0.05) is 31.7 Å². The van der Waals surface area contributed by atoms with Crippen molar-refractivity contribution in [3.05, 3.63) is 41.1 Å². The van der Waals surface area contributed by atoms with Gasteiger partial charge in [-0.3, -0.25) is 0 Å². The average Bonchev–Trinajstić information content (AvgIpc) is 2.60. The van der Waals surface area contributed by atoms with E-state index in [0.29, 0.717) is 0 Å². The van der Waals surface area contributed by atoms with Crippen LogP contribution in [0.1, 0.15) is 16.8 Å². The molecule has 1 aromatic heterocycles. The first-order valence-corrected chi connectivity index (χ1v) is 9.24. The van der Waals surface area contributed by atoms with Gasteiger partial charge < -0.3 is 15.7 Å². The van der Waals surface area contributed by atoms with E-state index in [1.165, 1.54) is 0 Å². The van der Waals surface area contributed by atoms with Crippen molar-refractivity contribution in [2.75, 3.05) is 43.1 Å². The minimum atomic E-state index is 0.200. The van der Waals surface area contributed by atoms with Gasteiger partial charge in [-0.25, -0.2) is 9.29 Å². The highest BCUT2D eigenvalue weighted by Crippen LogP contribution is 2.23. The first-order valence-electron chi connectivity index (χ1n) is 8.06. The Morgan fingerprint density at radius 2 is 1.92 bits per heavy atom. The number of anilines is 2. The summed E-state index contributed by atoms with van der Waals surface area (Å²) in [6.07, 6.45) is 2.09. The molecule has 1 saturated heterocycles. The Hall–Kier alpha value is -2.43. The minimum absolute atomic E-state index is 0.200. The molecule has 0 bridgehead atoms. The lowest BCUT2D eigenvalue weighted by atomic mass is 10.1. The van der Waals surface area contributed by atoms with Crippen LogP contribution in [0.4, 0.5) is 11.8 Å². The summed E-state index contributed by atoms with van der Waals surface area (Å²) in [5.74, 6) is 7.52. The van der Waals surface area contributed by atoms with E-state index in [0.717, 1.165) is 48.8 Å². The Bertz CT molecular complexity index is 822. The van der Waals surface area contributed by atoms with Crippen LogP contribution in [0.3, 0.4) is 0 Å². The molecule has 0 radical (unpaired) electrons. The van der Waals surface area contributed by atoms with Crippen molar-refractivity contribution in [1.29, 1.82) is 0 Å². The molecule has 0 atom stereocenters. The molecule has 2 heterocycles. The van der Waals surface area contributed by atoms with Crippen molar-refractivity contribution in [2.24, 2.45) is 0 Å². The predicted molar refractivity (Wildman–Crippen MR) is 103 cm³/mol. The van der Waals surface area contributed by atoms with Gasteiger partial charge in [-0.15, -0.1) is 0 Å². The molecule has 130 valence electrons. The number of piperazine rings is 1. The van der Waals surface area contributed by atoms with E-state index < -0.39 is 0 Å². The molecule has 0 aliphatic carbocycles. The van der Waals surface area contributed by atoms with Crippen LogP contribution < -0.4 is 10.6 Å². The van der Waals surface area contributed by atoms with Crippen molar-refractivity contribution in [1.82, 2.24) is 14.3 Å². The maximum Gasteiger partial charge on any atom is 0.222 e. The fourth-order valence-electron chi connectivity index (χ4n) is 2.75. The second kappa shape index (κ2) is 7.64. The number of aromatic nitrogens is 2. The van der Waals surface area contributed by atoms with Gasteiger partial charge >= 0.3 is 0 Å². The molecule has 3 N–H and O–H groups in total. The number of nitrogen functional groups attached to an aromatic ring is 1. The summed E-state index contributed by atoms with van der Waals surface area (Å²) in [6, 6.07) is 6.89. The summed E-state index contributed by atoms with van der Waals surface area (Å²) in [5.41, 5.74) is 8.17. The van der Waals surface area contributed by atoms with Crippen molar-refractivity contribution in [3.8, 4) is 17.6 Å². The number of nitrogens with zero attached hydrogens (tertiary/aromatic N) is 4. The van der Waals surface area contributed by atoms with Crippen LogP contribution >= 0.6 is 11.9 Å². The van der Waals surface area contributed by atoms with E-state index in [1.807, 2.05) is 13.0 Å². The Morgan fingerprint density at radius 3 is 2.60 bits per heavy atom. The van der Waals surface area contributed by atoms with E-state index in [1.54, 1.807) is 30.1 Å². The topological polar surface area (TPSA) is 78.5 Å². The quantitative estimate of drug-likeness (QED) is 0.629. The fraction of sp³-hybridized carbons (Fsp3) is 0.333. The molecule has 1 aliphatic rings. The number of nitrogens with two attached hydrogens (primary N) is 1. The Balaban J connectivity index is 1.94. The molecule has 0 saturated carbocycles. The minimum Gasteiger partial charge on any atom is -0.508 e. The Kier molecular flexibility index (Phi) is 5.31. The number of rotatable bonds is 2. The van der Waals surface area contributed by atoms with Crippen molar-refractivity contribution in [2.45, 2.75) is 6.92 Å². The fourth-order valence-corrected chi connectivity index (χ4v) is 3.28. The first kappa shape index (κ1) is 17.4. The maximum atomic E-state index is 9.58. The first-order chi connectivity index (χ1) is 12.1. The molecule has 2 aromatic rings. The van der Waals surface area contributed by atoms with Crippen molar-refractivity contribution < 1.29 is 5.11 Å². The average molecular weight is 355 g/mol. The van der Waals surface area contributed by atoms with Crippen molar-refractivity contribution in [3.63, 3.8) is 0 Å². The van der Waals surface area contributed by atoms with Gasteiger partial charge in [0.05, 0.1) is 11.3 Å². The highest BCUT2D eigenvalue weighted by atomic mass is 32.2. The standard InChI is InChI=1S/C18H21N5OS/c1-13-16(7-6-14-4-3-5-15(24)12-14)17(21-18(19)20-13)22-8-10-23(25-2)11-9-22/h3-5,12,24H,8-11H2,1-2H3,(H2,19,20,21). The molecule has 6 nitrogen and oxygen atoms in total. The van der Waals surface area contributed by atoms with E-state index >= 15 is 0 Å². The summed E-state index contributed by atoms with van der Waals surface area (Å²) in [5, 5.41) is 9.58. The molecular formula is C18H21N5OS. The molecule has 0 amide bonds. The van der Waals surface area contributed by atoms with Crippen LogP contribution in [0.25, 0.3) is 0 Å². The van der Waals surface area contributed by atoms with Crippen LogP contribution in [0.2, 0.25) is 0 Å². The molecule has 3 rings (SSSR count). The normalized spacial score (nSPS) is 14.9. The smallest absolute Gasteiger partial charge is 0.222 e. The van der Waals surface area contributed by atoms with Gasteiger partial charge in [-0.05, 0) is 31.4 Å². The zero-order valence-electron chi connectivity index (χ0n) is 14.4. The summed E-state index contributed by atoms with van der Waals surface area (Å²) >= 11 is 1.76. The third-order valence-electron chi connectivity index (χ3n) is 4.06. The van der Waals surface area contributed by atoms with Crippen LogP contribution in [0.5, 0.6) is 5.75 Å². The predicted octanol–water partition coefficient (Wildman–Crippen LogP) is 1.87. The van der Waals surface area contributed by atoms with Crippen LogP contribution in [0.15, 0.2) is 24.3 Å². The monoisotopic (exact) mass is 355 g/mol. The van der Waals surface area contributed by atoms with Gasteiger partial charge in [0.1, 0.15) is 11.6 Å². The van der Waals surface area contributed by atoms with Crippen LogP contribution in [-0.2, 0) is 0 Å². The Labute approximate surface area is 152 Å². The lowest BCUT2D eigenvalue weighted by Gasteiger charge is -2.34. The number of phenolic OH excluding ortho intramolecular Hbond substituents is 1.